The Bertz CT molecular complexity index is 430. The SMILES string of the molecule is COc1ccc2c(c1)C(O)(C(N)=O)CCC2. The number of ether oxygens (including phenoxy) is 1. The fourth-order valence-corrected chi connectivity index (χ4v) is 2.21. The smallest absolute Gasteiger partial charge is 0.254 e. The van der Waals surface area contributed by atoms with Gasteiger partial charge in [-0.25, -0.2) is 0 Å². The quantitative estimate of drug-likeness (QED) is 0.772. The number of fused-ring (bicyclic) bond motifs is 1. The maximum atomic E-state index is 11.4. The maximum Gasteiger partial charge on any atom is 0.254 e. The second-order valence-corrected chi connectivity index (χ2v) is 4.10. The Balaban J connectivity index is 2.55. The summed E-state index contributed by atoms with van der Waals surface area (Å²) in [7, 11) is 1.55. The first-order chi connectivity index (χ1) is 7.58. The summed E-state index contributed by atoms with van der Waals surface area (Å²) in [5, 5.41) is 10.3. The van der Waals surface area contributed by atoms with Crippen molar-refractivity contribution in [1.82, 2.24) is 0 Å². The van der Waals surface area contributed by atoms with Gasteiger partial charge in [-0.2, -0.15) is 0 Å². The number of aliphatic hydroxyl groups is 1. The first kappa shape index (κ1) is 11.0. The average molecular weight is 221 g/mol. The number of hydrogen-bond donors (Lipinski definition) is 2. The van der Waals surface area contributed by atoms with Crippen LogP contribution >= 0.6 is 0 Å². The van der Waals surface area contributed by atoms with Gasteiger partial charge in [0.25, 0.3) is 5.91 Å². The van der Waals surface area contributed by atoms with Crippen LogP contribution in [0.2, 0.25) is 0 Å². The van der Waals surface area contributed by atoms with Crippen molar-refractivity contribution in [1.29, 1.82) is 0 Å². The summed E-state index contributed by atoms with van der Waals surface area (Å²) >= 11 is 0. The van der Waals surface area contributed by atoms with E-state index in [1.54, 1.807) is 13.2 Å². The largest absolute Gasteiger partial charge is 0.497 e. The second-order valence-electron chi connectivity index (χ2n) is 4.10. The fraction of sp³-hybridized carbons (Fsp3) is 0.417. The normalized spacial score (nSPS) is 23.6. The molecule has 0 spiro atoms. The lowest BCUT2D eigenvalue weighted by molar-refractivity contribution is -0.138. The number of carbonyl (C=O) groups excluding carboxylic acids is 1. The third-order valence-electron chi connectivity index (χ3n) is 3.15. The van der Waals surface area contributed by atoms with Crippen LogP contribution < -0.4 is 10.5 Å². The van der Waals surface area contributed by atoms with Crippen LogP contribution in [0.15, 0.2) is 18.2 Å². The van der Waals surface area contributed by atoms with Crippen molar-refractivity contribution in [3.05, 3.63) is 29.3 Å². The molecule has 0 saturated heterocycles. The number of hydrogen-bond acceptors (Lipinski definition) is 3. The molecule has 0 aromatic heterocycles. The van der Waals surface area contributed by atoms with Crippen molar-refractivity contribution in [2.75, 3.05) is 7.11 Å². The van der Waals surface area contributed by atoms with Crippen LogP contribution in [0.1, 0.15) is 24.0 Å². The molecule has 4 heteroatoms. The molecule has 0 heterocycles. The third kappa shape index (κ3) is 1.55. The van der Waals surface area contributed by atoms with E-state index in [4.69, 9.17) is 10.5 Å². The standard InChI is InChI=1S/C12H15NO3/c1-16-9-5-4-8-3-2-6-12(15,11(13)14)10(8)7-9/h4-5,7,15H,2-3,6H2,1H3,(H2,13,14). The lowest BCUT2D eigenvalue weighted by Gasteiger charge is -2.31. The summed E-state index contributed by atoms with van der Waals surface area (Å²) in [5.74, 6) is -0.0676. The molecular formula is C12H15NO3. The van der Waals surface area contributed by atoms with Gasteiger partial charge in [-0.05, 0) is 42.5 Å². The summed E-state index contributed by atoms with van der Waals surface area (Å²) < 4.78 is 5.09. The lowest BCUT2D eigenvalue weighted by atomic mass is 9.78. The molecule has 1 aliphatic rings. The van der Waals surface area contributed by atoms with Crippen LogP contribution in [0.4, 0.5) is 0 Å². The van der Waals surface area contributed by atoms with E-state index >= 15 is 0 Å². The Labute approximate surface area is 94.0 Å². The van der Waals surface area contributed by atoms with Crippen LogP contribution in [0.25, 0.3) is 0 Å². The van der Waals surface area contributed by atoms with Crippen LogP contribution in [0.3, 0.4) is 0 Å². The predicted octanol–water partition coefficient (Wildman–Crippen LogP) is 0.704. The molecule has 3 N–H and O–H groups in total. The molecule has 86 valence electrons. The molecule has 0 saturated carbocycles. The zero-order chi connectivity index (χ0) is 11.8. The molecule has 0 fully saturated rings. The molecular weight excluding hydrogens is 206 g/mol. The van der Waals surface area contributed by atoms with Crippen molar-refractivity contribution in [3.63, 3.8) is 0 Å². The molecule has 4 nitrogen and oxygen atoms in total. The minimum atomic E-state index is -1.54. The number of benzene rings is 1. The minimum absolute atomic E-state index is 0.377. The Kier molecular flexibility index (Phi) is 2.59. The van der Waals surface area contributed by atoms with E-state index < -0.39 is 11.5 Å². The van der Waals surface area contributed by atoms with Crippen LogP contribution in [0, 0.1) is 0 Å². The zero-order valence-electron chi connectivity index (χ0n) is 9.19. The molecule has 1 aliphatic carbocycles. The molecule has 1 unspecified atom stereocenters. The topological polar surface area (TPSA) is 72.6 Å². The lowest BCUT2D eigenvalue weighted by Crippen LogP contribution is -2.43. The number of primary amides is 1. The van der Waals surface area contributed by atoms with Crippen molar-refractivity contribution < 1.29 is 14.6 Å². The molecule has 0 aliphatic heterocycles. The Hall–Kier alpha value is -1.55. The molecule has 2 rings (SSSR count). The van der Waals surface area contributed by atoms with E-state index in [1.165, 1.54) is 0 Å². The maximum absolute atomic E-state index is 11.4. The molecule has 16 heavy (non-hydrogen) atoms. The van der Waals surface area contributed by atoms with E-state index in [0.29, 0.717) is 17.7 Å². The van der Waals surface area contributed by atoms with Gasteiger partial charge in [0.1, 0.15) is 5.75 Å². The highest BCUT2D eigenvalue weighted by molar-refractivity contribution is 5.85. The van der Waals surface area contributed by atoms with Crippen LogP contribution in [0.5, 0.6) is 5.75 Å². The van der Waals surface area contributed by atoms with Gasteiger partial charge >= 0.3 is 0 Å². The highest BCUT2D eigenvalue weighted by atomic mass is 16.5. The van der Waals surface area contributed by atoms with Crippen LogP contribution in [-0.4, -0.2) is 18.1 Å². The number of rotatable bonds is 2. The molecule has 1 atom stereocenters. The molecule has 1 amide bonds. The minimum Gasteiger partial charge on any atom is -0.497 e. The number of methoxy groups -OCH3 is 1. The molecule has 0 radical (unpaired) electrons. The van der Waals surface area contributed by atoms with Crippen molar-refractivity contribution in [3.8, 4) is 5.75 Å². The van der Waals surface area contributed by atoms with Crippen molar-refractivity contribution in [2.24, 2.45) is 5.73 Å². The summed E-state index contributed by atoms with van der Waals surface area (Å²) in [4.78, 5) is 11.4. The fourth-order valence-electron chi connectivity index (χ4n) is 2.21. The van der Waals surface area contributed by atoms with Gasteiger partial charge in [-0.1, -0.05) is 6.07 Å². The van der Waals surface area contributed by atoms with Gasteiger partial charge in [0.2, 0.25) is 0 Å². The highest BCUT2D eigenvalue weighted by Crippen LogP contribution is 2.36. The van der Waals surface area contributed by atoms with Gasteiger partial charge in [0, 0.05) is 0 Å². The molecule has 0 bridgehead atoms. The van der Waals surface area contributed by atoms with E-state index in [2.05, 4.69) is 0 Å². The van der Waals surface area contributed by atoms with E-state index in [9.17, 15) is 9.90 Å². The Morgan fingerprint density at radius 2 is 2.31 bits per heavy atom. The van der Waals surface area contributed by atoms with Gasteiger partial charge < -0.3 is 15.6 Å². The third-order valence-corrected chi connectivity index (χ3v) is 3.15. The Morgan fingerprint density at radius 1 is 1.56 bits per heavy atom. The van der Waals surface area contributed by atoms with Crippen LogP contribution in [-0.2, 0) is 16.8 Å². The van der Waals surface area contributed by atoms with Gasteiger partial charge in [-0.15, -0.1) is 0 Å². The predicted molar refractivity (Wildman–Crippen MR) is 59.0 cm³/mol. The van der Waals surface area contributed by atoms with Gasteiger partial charge in [0.15, 0.2) is 5.60 Å². The first-order valence-electron chi connectivity index (χ1n) is 5.27. The summed E-state index contributed by atoms with van der Waals surface area (Å²) in [5.41, 5.74) is 5.29. The van der Waals surface area contributed by atoms with Crippen molar-refractivity contribution >= 4 is 5.91 Å². The Morgan fingerprint density at radius 3 is 2.94 bits per heavy atom. The number of amides is 1. The van der Waals surface area contributed by atoms with E-state index in [0.717, 1.165) is 18.4 Å². The van der Waals surface area contributed by atoms with Gasteiger partial charge in [-0.3, -0.25) is 4.79 Å². The second kappa shape index (κ2) is 3.79. The highest BCUT2D eigenvalue weighted by Gasteiger charge is 2.40. The number of nitrogens with two attached hydrogens (primary N) is 1. The average Bonchev–Trinajstić information content (AvgIpc) is 2.29. The molecule has 1 aromatic carbocycles. The first-order valence-corrected chi connectivity index (χ1v) is 5.27. The summed E-state index contributed by atoms with van der Waals surface area (Å²) in [6.45, 7) is 0. The summed E-state index contributed by atoms with van der Waals surface area (Å²) in [6.07, 6.45) is 2.00. The van der Waals surface area contributed by atoms with Crippen molar-refractivity contribution in [2.45, 2.75) is 24.9 Å². The van der Waals surface area contributed by atoms with Gasteiger partial charge in [0.05, 0.1) is 7.11 Å². The monoisotopic (exact) mass is 221 g/mol. The summed E-state index contributed by atoms with van der Waals surface area (Å²) in [6, 6.07) is 5.39. The van der Waals surface area contributed by atoms with E-state index in [-0.39, 0.29) is 0 Å². The number of carbonyl (C=O) groups is 1. The number of aryl methyl sites for hydroxylation is 1. The molecule has 1 aromatic rings. The van der Waals surface area contributed by atoms with E-state index in [1.807, 2.05) is 12.1 Å². The zero-order valence-corrected chi connectivity index (χ0v) is 9.19.